The number of hydrogen-bond acceptors (Lipinski definition) is 2. The molecule has 3 fully saturated rings. The number of ketones is 1. The minimum atomic E-state index is 0.226. The summed E-state index contributed by atoms with van der Waals surface area (Å²) in [5.74, 6) is 1.16. The average molecular weight is 194 g/mol. The molecule has 0 N–H and O–H groups in total. The summed E-state index contributed by atoms with van der Waals surface area (Å²) in [6, 6.07) is 0. The van der Waals surface area contributed by atoms with Gasteiger partial charge in [-0.2, -0.15) is 0 Å². The van der Waals surface area contributed by atoms with Crippen molar-refractivity contribution in [1.82, 2.24) is 0 Å². The molecule has 1 saturated heterocycles. The van der Waals surface area contributed by atoms with Gasteiger partial charge in [0.15, 0.2) is 5.78 Å². The Morgan fingerprint density at radius 2 is 2.07 bits per heavy atom. The zero-order valence-corrected chi connectivity index (χ0v) is 9.17. The summed E-state index contributed by atoms with van der Waals surface area (Å²) in [6.07, 6.45) is 2.68. The fraction of sp³-hybridized carbons (Fsp3) is 0.917. The molecule has 1 aliphatic heterocycles. The largest absolute Gasteiger partial charge is 0.369 e. The predicted octanol–water partition coefficient (Wildman–Crippen LogP) is 2.03. The van der Waals surface area contributed by atoms with E-state index in [0.29, 0.717) is 23.7 Å². The van der Waals surface area contributed by atoms with Crippen LogP contribution in [0.4, 0.5) is 0 Å². The summed E-state index contributed by atoms with van der Waals surface area (Å²) < 4.78 is 5.71. The normalized spacial score (nSPS) is 53.9. The fourth-order valence-corrected chi connectivity index (χ4v) is 4.26. The maximum absolute atomic E-state index is 11.8. The first-order valence-electron chi connectivity index (χ1n) is 5.63. The Balaban J connectivity index is 2.10. The van der Waals surface area contributed by atoms with E-state index in [1.807, 2.05) is 0 Å². The molecular weight excluding hydrogens is 176 g/mol. The molecule has 2 aliphatic carbocycles. The van der Waals surface area contributed by atoms with Crippen molar-refractivity contribution in [3.05, 3.63) is 0 Å². The highest BCUT2D eigenvalue weighted by Gasteiger charge is 2.69. The van der Waals surface area contributed by atoms with Gasteiger partial charge < -0.3 is 4.74 Å². The van der Waals surface area contributed by atoms with Crippen molar-refractivity contribution >= 4 is 5.78 Å². The molecule has 4 unspecified atom stereocenters. The van der Waals surface area contributed by atoms with E-state index in [9.17, 15) is 4.79 Å². The van der Waals surface area contributed by atoms with Crippen LogP contribution in [0.15, 0.2) is 0 Å². The molecule has 2 nitrogen and oxygen atoms in total. The molecule has 0 amide bonds. The smallest absolute Gasteiger partial charge is 0.164 e. The summed E-state index contributed by atoms with van der Waals surface area (Å²) in [6.45, 7) is 7.33. The van der Waals surface area contributed by atoms with E-state index in [2.05, 4.69) is 20.8 Å². The molecule has 1 heterocycles. The van der Waals surface area contributed by atoms with Crippen molar-refractivity contribution in [2.45, 2.75) is 39.7 Å². The minimum Gasteiger partial charge on any atom is -0.369 e. The van der Waals surface area contributed by atoms with Crippen LogP contribution in [0.5, 0.6) is 0 Å². The van der Waals surface area contributed by atoms with E-state index in [0.717, 1.165) is 0 Å². The van der Waals surface area contributed by atoms with Crippen LogP contribution in [0, 0.1) is 22.7 Å². The van der Waals surface area contributed by atoms with Gasteiger partial charge in [-0.1, -0.05) is 20.8 Å². The molecule has 0 radical (unpaired) electrons. The fourth-order valence-electron chi connectivity index (χ4n) is 4.26. The molecule has 4 atom stereocenters. The molecule has 0 aromatic carbocycles. The molecule has 0 spiro atoms. The zero-order valence-electron chi connectivity index (χ0n) is 9.17. The van der Waals surface area contributed by atoms with Crippen LogP contribution in [0.2, 0.25) is 0 Å². The quantitative estimate of drug-likeness (QED) is 0.589. The van der Waals surface area contributed by atoms with Crippen LogP contribution in [0.1, 0.15) is 33.6 Å². The van der Waals surface area contributed by atoms with Crippen molar-refractivity contribution in [2.24, 2.45) is 22.7 Å². The maximum Gasteiger partial charge on any atom is 0.164 e. The Labute approximate surface area is 85.0 Å². The number of hydrogen-bond donors (Lipinski definition) is 0. The van der Waals surface area contributed by atoms with Gasteiger partial charge in [-0.25, -0.2) is 0 Å². The second-order valence-corrected chi connectivity index (χ2v) is 6.01. The molecule has 0 aromatic heterocycles. The van der Waals surface area contributed by atoms with Gasteiger partial charge in [0, 0.05) is 0 Å². The SMILES string of the molecule is CC1(C)C2CCC1(C)C1OCC(=O)C21. The lowest BCUT2D eigenvalue weighted by atomic mass is 9.70. The van der Waals surface area contributed by atoms with Crippen molar-refractivity contribution in [3.8, 4) is 0 Å². The van der Waals surface area contributed by atoms with Gasteiger partial charge in [-0.05, 0) is 29.6 Å². The van der Waals surface area contributed by atoms with Crippen molar-refractivity contribution in [2.75, 3.05) is 6.61 Å². The first-order valence-corrected chi connectivity index (χ1v) is 5.63. The molecular formula is C12H18O2. The zero-order chi connectivity index (χ0) is 10.1. The Kier molecular flexibility index (Phi) is 1.42. The van der Waals surface area contributed by atoms with Crippen molar-refractivity contribution < 1.29 is 9.53 Å². The second kappa shape index (κ2) is 2.24. The maximum atomic E-state index is 11.8. The minimum absolute atomic E-state index is 0.226. The molecule has 0 aromatic rings. The number of fused-ring (bicyclic) bond motifs is 5. The summed E-state index contributed by atoms with van der Waals surface area (Å²) >= 11 is 0. The van der Waals surface area contributed by atoms with E-state index in [1.165, 1.54) is 12.8 Å². The lowest BCUT2D eigenvalue weighted by Crippen LogP contribution is -2.37. The third-order valence-corrected chi connectivity index (χ3v) is 5.54. The van der Waals surface area contributed by atoms with Gasteiger partial charge in [0.1, 0.15) is 6.61 Å². The standard InChI is InChI=1S/C12H18O2/c1-11(2)7-4-5-12(11,3)10-9(7)8(13)6-14-10/h7,9-10H,4-6H2,1-3H3. The Hall–Kier alpha value is -0.370. The van der Waals surface area contributed by atoms with E-state index < -0.39 is 0 Å². The second-order valence-electron chi connectivity index (χ2n) is 6.01. The Bertz CT molecular complexity index is 305. The molecule has 3 aliphatic rings. The number of rotatable bonds is 0. The van der Waals surface area contributed by atoms with Crippen LogP contribution in [0.3, 0.4) is 0 Å². The van der Waals surface area contributed by atoms with Crippen molar-refractivity contribution in [1.29, 1.82) is 0 Å². The number of ether oxygens (including phenoxy) is 1. The van der Waals surface area contributed by atoms with E-state index >= 15 is 0 Å². The molecule has 2 heteroatoms. The summed E-state index contributed by atoms with van der Waals surface area (Å²) in [4.78, 5) is 11.8. The molecule has 78 valence electrons. The van der Waals surface area contributed by atoms with E-state index in [4.69, 9.17) is 4.74 Å². The van der Waals surface area contributed by atoms with Gasteiger partial charge in [-0.3, -0.25) is 4.79 Å². The van der Waals surface area contributed by atoms with Gasteiger partial charge in [0.2, 0.25) is 0 Å². The van der Waals surface area contributed by atoms with E-state index in [1.54, 1.807) is 0 Å². The average Bonchev–Trinajstić information content (AvgIpc) is 2.63. The van der Waals surface area contributed by atoms with Crippen molar-refractivity contribution in [3.63, 3.8) is 0 Å². The summed E-state index contributed by atoms with van der Waals surface area (Å²) in [7, 11) is 0. The highest BCUT2D eigenvalue weighted by molar-refractivity contribution is 5.86. The van der Waals surface area contributed by atoms with Gasteiger partial charge in [0.05, 0.1) is 12.0 Å². The van der Waals surface area contributed by atoms with E-state index in [-0.39, 0.29) is 17.4 Å². The highest BCUT2D eigenvalue weighted by atomic mass is 16.5. The highest BCUT2D eigenvalue weighted by Crippen LogP contribution is 2.69. The number of carbonyl (C=O) groups excluding carboxylic acids is 1. The van der Waals surface area contributed by atoms with Crippen LogP contribution in [-0.4, -0.2) is 18.5 Å². The molecule has 2 saturated carbocycles. The Morgan fingerprint density at radius 1 is 1.36 bits per heavy atom. The third kappa shape index (κ3) is 0.690. The predicted molar refractivity (Wildman–Crippen MR) is 52.8 cm³/mol. The Morgan fingerprint density at radius 3 is 2.71 bits per heavy atom. The number of Topliss-reactive ketones (excluding diaryl/α,β-unsaturated/α-hetero) is 1. The van der Waals surface area contributed by atoms with Crippen LogP contribution in [0.25, 0.3) is 0 Å². The third-order valence-electron chi connectivity index (χ3n) is 5.54. The lowest BCUT2D eigenvalue weighted by molar-refractivity contribution is -0.122. The molecule has 3 rings (SSSR count). The molecule has 14 heavy (non-hydrogen) atoms. The van der Waals surface area contributed by atoms with Gasteiger partial charge in [0.25, 0.3) is 0 Å². The van der Waals surface area contributed by atoms with Crippen LogP contribution < -0.4 is 0 Å². The van der Waals surface area contributed by atoms with Gasteiger partial charge >= 0.3 is 0 Å². The topological polar surface area (TPSA) is 26.3 Å². The monoisotopic (exact) mass is 194 g/mol. The van der Waals surface area contributed by atoms with Crippen LogP contribution >= 0.6 is 0 Å². The number of carbonyl (C=O) groups is 1. The molecule has 2 bridgehead atoms. The summed E-state index contributed by atoms with van der Waals surface area (Å²) in [5, 5.41) is 0. The first-order chi connectivity index (χ1) is 6.48. The van der Waals surface area contributed by atoms with Crippen LogP contribution in [-0.2, 0) is 9.53 Å². The lowest BCUT2D eigenvalue weighted by Gasteiger charge is -2.37. The summed E-state index contributed by atoms with van der Waals surface area (Å²) in [5.41, 5.74) is 0.535. The first kappa shape index (κ1) is 8.90. The van der Waals surface area contributed by atoms with Gasteiger partial charge in [-0.15, -0.1) is 0 Å².